The van der Waals surface area contributed by atoms with Crippen molar-refractivity contribution >= 4 is 11.5 Å². The molecule has 0 saturated heterocycles. The highest BCUT2D eigenvalue weighted by atomic mass is 16.6. The van der Waals surface area contributed by atoms with Gasteiger partial charge in [-0.1, -0.05) is 5.16 Å². The molecular weight excluding hydrogens is 180 g/mol. The summed E-state index contributed by atoms with van der Waals surface area (Å²) in [5, 5.41) is 11.0. The average molecular weight is 190 g/mol. The number of oxime groups is 1. The standard InChI is InChI=1S/C9H10N4O/c10-9(11)8-2-1-6(5-12-8)7-3-4-14-13-7/h1-2,5H,3-4H2,(H3,10,11). The third-order valence-corrected chi connectivity index (χ3v) is 1.98. The molecule has 5 nitrogen and oxygen atoms in total. The van der Waals surface area contributed by atoms with Crippen LogP contribution in [0, 0.1) is 5.41 Å². The monoisotopic (exact) mass is 190 g/mol. The van der Waals surface area contributed by atoms with E-state index in [1.807, 2.05) is 6.07 Å². The number of hydrogen-bond donors (Lipinski definition) is 2. The summed E-state index contributed by atoms with van der Waals surface area (Å²) >= 11 is 0. The van der Waals surface area contributed by atoms with Crippen molar-refractivity contribution in [3.8, 4) is 0 Å². The lowest BCUT2D eigenvalue weighted by Gasteiger charge is -1.99. The Hall–Kier alpha value is -1.91. The van der Waals surface area contributed by atoms with Crippen LogP contribution >= 0.6 is 0 Å². The van der Waals surface area contributed by atoms with E-state index < -0.39 is 0 Å². The smallest absolute Gasteiger partial charge is 0.141 e. The first-order valence-corrected chi connectivity index (χ1v) is 4.27. The van der Waals surface area contributed by atoms with Crippen molar-refractivity contribution < 1.29 is 4.84 Å². The third-order valence-electron chi connectivity index (χ3n) is 1.98. The summed E-state index contributed by atoms with van der Waals surface area (Å²) in [6.07, 6.45) is 2.46. The number of nitrogens with one attached hydrogen (secondary N) is 1. The van der Waals surface area contributed by atoms with Crippen molar-refractivity contribution in [1.29, 1.82) is 5.41 Å². The summed E-state index contributed by atoms with van der Waals surface area (Å²) in [4.78, 5) is 8.92. The molecule has 3 N–H and O–H groups in total. The number of aromatic nitrogens is 1. The summed E-state index contributed by atoms with van der Waals surface area (Å²) < 4.78 is 0. The predicted octanol–water partition coefficient (Wildman–Crippen LogP) is 0.490. The lowest BCUT2D eigenvalue weighted by Crippen LogP contribution is -2.13. The van der Waals surface area contributed by atoms with E-state index in [9.17, 15) is 0 Å². The maximum Gasteiger partial charge on any atom is 0.141 e. The van der Waals surface area contributed by atoms with Crippen LogP contribution in [0.5, 0.6) is 0 Å². The lowest BCUT2D eigenvalue weighted by molar-refractivity contribution is 0.174. The molecule has 0 aromatic carbocycles. The molecule has 1 aliphatic heterocycles. The summed E-state index contributed by atoms with van der Waals surface area (Å²) in [5.41, 5.74) is 7.58. The SMILES string of the molecule is N=C(N)c1ccc(C2=NOCC2)cn1. The Bertz CT molecular complexity index is 382. The summed E-state index contributed by atoms with van der Waals surface area (Å²) in [7, 11) is 0. The van der Waals surface area contributed by atoms with Gasteiger partial charge >= 0.3 is 0 Å². The minimum atomic E-state index is -0.0267. The van der Waals surface area contributed by atoms with Crippen molar-refractivity contribution in [2.45, 2.75) is 6.42 Å². The quantitative estimate of drug-likeness (QED) is 0.525. The Morgan fingerprint density at radius 2 is 2.36 bits per heavy atom. The van der Waals surface area contributed by atoms with E-state index in [1.165, 1.54) is 0 Å². The molecule has 14 heavy (non-hydrogen) atoms. The molecule has 1 aromatic rings. The molecule has 0 unspecified atom stereocenters. The minimum Gasteiger partial charge on any atom is -0.395 e. The highest BCUT2D eigenvalue weighted by Crippen LogP contribution is 2.09. The molecule has 0 spiro atoms. The van der Waals surface area contributed by atoms with Crippen LogP contribution in [0.1, 0.15) is 17.7 Å². The third kappa shape index (κ3) is 1.56. The first kappa shape index (κ1) is 8.68. The second kappa shape index (κ2) is 3.45. The predicted molar refractivity (Wildman–Crippen MR) is 52.4 cm³/mol. The molecule has 1 aliphatic rings. The van der Waals surface area contributed by atoms with Gasteiger partial charge in [-0.2, -0.15) is 0 Å². The highest BCUT2D eigenvalue weighted by molar-refractivity contribution is 6.01. The largest absolute Gasteiger partial charge is 0.395 e. The molecule has 0 aliphatic carbocycles. The van der Waals surface area contributed by atoms with Gasteiger partial charge in [0, 0.05) is 18.2 Å². The van der Waals surface area contributed by atoms with Gasteiger partial charge in [0.2, 0.25) is 0 Å². The number of amidine groups is 1. The van der Waals surface area contributed by atoms with Crippen molar-refractivity contribution in [3.05, 3.63) is 29.6 Å². The Labute approximate surface area is 81.1 Å². The van der Waals surface area contributed by atoms with Gasteiger partial charge < -0.3 is 10.6 Å². The fraction of sp³-hybridized carbons (Fsp3) is 0.222. The number of rotatable bonds is 2. The van der Waals surface area contributed by atoms with Crippen molar-refractivity contribution in [1.82, 2.24) is 4.98 Å². The van der Waals surface area contributed by atoms with E-state index in [0.717, 1.165) is 17.7 Å². The van der Waals surface area contributed by atoms with Gasteiger partial charge in [0.15, 0.2) is 0 Å². The fourth-order valence-corrected chi connectivity index (χ4v) is 1.23. The molecular formula is C9H10N4O. The summed E-state index contributed by atoms with van der Waals surface area (Å²) in [6, 6.07) is 3.55. The van der Waals surface area contributed by atoms with Gasteiger partial charge in [0.25, 0.3) is 0 Å². The van der Waals surface area contributed by atoms with Crippen LogP contribution in [0.3, 0.4) is 0 Å². The van der Waals surface area contributed by atoms with Crippen molar-refractivity contribution in [2.75, 3.05) is 6.61 Å². The summed E-state index contributed by atoms with van der Waals surface area (Å²) in [6.45, 7) is 0.629. The molecule has 0 fully saturated rings. The number of nitrogens with two attached hydrogens (primary N) is 1. The fourth-order valence-electron chi connectivity index (χ4n) is 1.23. The number of nitrogen functional groups attached to an aromatic ring is 1. The van der Waals surface area contributed by atoms with Crippen LogP contribution in [-0.2, 0) is 4.84 Å². The zero-order chi connectivity index (χ0) is 9.97. The van der Waals surface area contributed by atoms with Crippen LogP contribution in [0.4, 0.5) is 0 Å². The second-order valence-electron chi connectivity index (χ2n) is 2.97. The maximum atomic E-state index is 7.18. The molecule has 0 atom stereocenters. The van der Waals surface area contributed by atoms with Gasteiger partial charge in [-0.3, -0.25) is 10.4 Å². The zero-order valence-corrected chi connectivity index (χ0v) is 7.53. The second-order valence-corrected chi connectivity index (χ2v) is 2.97. The number of hydrogen-bond acceptors (Lipinski definition) is 4. The molecule has 2 rings (SSSR count). The molecule has 2 heterocycles. The molecule has 0 saturated carbocycles. The average Bonchev–Trinajstić information content (AvgIpc) is 2.71. The van der Waals surface area contributed by atoms with Gasteiger partial charge in [-0.15, -0.1) is 0 Å². The molecule has 1 aromatic heterocycles. The number of pyridine rings is 1. The Balaban J connectivity index is 2.25. The van der Waals surface area contributed by atoms with Crippen LogP contribution in [0.15, 0.2) is 23.5 Å². The minimum absolute atomic E-state index is 0.0267. The van der Waals surface area contributed by atoms with E-state index in [4.69, 9.17) is 16.0 Å². The Morgan fingerprint density at radius 1 is 1.50 bits per heavy atom. The Morgan fingerprint density at radius 3 is 2.86 bits per heavy atom. The summed E-state index contributed by atoms with van der Waals surface area (Å²) in [5.74, 6) is -0.0267. The van der Waals surface area contributed by atoms with E-state index in [1.54, 1.807) is 12.3 Å². The zero-order valence-electron chi connectivity index (χ0n) is 7.53. The van der Waals surface area contributed by atoms with E-state index in [2.05, 4.69) is 10.1 Å². The number of nitrogens with zero attached hydrogens (tertiary/aromatic N) is 2. The molecule has 0 amide bonds. The molecule has 0 radical (unpaired) electrons. The Kier molecular flexibility index (Phi) is 2.14. The van der Waals surface area contributed by atoms with Crippen LogP contribution in [0.25, 0.3) is 0 Å². The molecule has 5 heteroatoms. The van der Waals surface area contributed by atoms with Crippen LogP contribution in [-0.4, -0.2) is 23.1 Å². The topological polar surface area (TPSA) is 84.4 Å². The van der Waals surface area contributed by atoms with E-state index >= 15 is 0 Å². The van der Waals surface area contributed by atoms with Crippen LogP contribution in [0.2, 0.25) is 0 Å². The van der Waals surface area contributed by atoms with Gasteiger partial charge in [-0.05, 0) is 12.1 Å². The highest BCUT2D eigenvalue weighted by Gasteiger charge is 2.10. The van der Waals surface area contributed by atoms with Gasteiger partial charge in [0.05, 0.1) is 5.71 Å². The maximum absolute atomic E-state index is 7.18. The first-order chi connectivity index (χ1) is 6.77. The van der Waals surface area contributed by atoms with Crippen molar-refractivity contribution in [3.63, 3.8) is 0 Å². The van der Waals surface area contributed by atoms with Crippen molar-refractivity contribution in [2.24, 2.45) is 10.9 Å². The van der Waals surface area contributed by atoms with Crippen LogP contribution < -0.4 is 5.73 Å². The first-order valence-electron chi connectivity index (χ1n) is 4.27. The molecule has 0 bridgehead atoms. The van der Waals surface area contributed by atoms with E-state index in [0.29, 0.717) is 12.3 Å². The van der Waals surface area contributed by atoms with Gasteiger partial charge in [0.1, 0.15) is 18.1 Å². The van der Waals surface area contributed by atoms with E-state index in [-0.39, 0.29) is 5.84 Å². The molecule has 72 valence electrons. The normalized spacial score (nSPS) is 14.7. The van der Waals surface area contributed by atoms with Gasteiger partial charge in [-0.25, -0.2) is 0 Å². The lowest BCUT2D eigenvalue weighted by atomic mass is 10.1.